The fraction of sp³-hybridized carbons (Fsp3) is 0.680. The number of hydrogen-bond acceptors (Lipinski definition) is 5. The first kappa shape index (κ1) is 23.9. The van der Waals surface area contributed by atoms with Crippen molar-refractivity contribution in [3.8, 4) is 0 Å². The molecule has 2 atom stereocenters. The number of amides is 1. The fourth-order valence-electron chi connectivity index (χ4n) is 5.27. The van der Waals surface area contributed by atoms with E-state index in [2.05, 4.69) is 13.8 Å². The van der Waals surface area contributed by atoms with Gasteiger partial charge in [0.25, 0.3) is 5.91 Å². The molecule has 31 heavy (non-hydrogen) atoms. The molecule has 6 nitrogen and oxygen atoms in total. The molecule has 1 amide bonds. The summed E-state index contributed by atoms with van der Waals surface area (Å²) in [7, 11) is 0. The minimum atomic E-state index is -0.906. The summed E-state index contributed by atoms with van der Waals surface area (Å²) < 4.78 is 0. The van der Waals surface area contributed by atoms with E-state index in [9.17, 15) is 9.59 Å². The maximum atomic E-state index is 13.8. The second kappa shape index (κ2) is 9.80. The van der Waals surface area contributed by atoms with E-state index < -0.39 is 11.5 Å². The summed E-state index contributed by atoms with van der Waals surface area (Å²) in [6.45, 7) is 14.5. The lowest BCUT2D eigenvalue weighted by Gasteiger charge is -2.41. The Morgan fingerprint density at radius 3 is 2.23 bits per heavy atom. The lowest BCUT2D eigenvalue weighted by atomic mass is 9.79. The summed E-state index contributed by atoms with van der Waals surface area (Å²) in [5.74, 6) is -0.538. The molecule has 0 aromatic heterocycles. The Morgan fingerprint density at radius 2 is 1.68 bits per heavy atom. The van der Waals surface area contributed by atoms with Crippen LogP contribution in [0.3, 0.4) is 0 Å². The Balaban J connectivity index is 1.82. The van der Waals surface area contributed by atoms with Crippen molar-refractivity contribution in [2.45, 2.75) is 78.7 Å². The first-order chi connectivity index (χ1) is 14.7. The number of hydrogen-bond donors (Lipinski definition) is 0. The van der Waals surface area contributed by atoms with Gasteiger partial charge < -0.3 is 0 Å². The van der Waals surface area contributed by atoms with E-state index in [-0.39, 0.29) is 11.7 Å². The van der Waals surface area contributed by atoms with Crippen molar-refractivity contribution in [3.63, 3.8) is 0 Å². The molecule has 1 aromatic carbocycles. The van der Waals surface area contributed by atoms with Gasteiger partial charge in [-0.2, -0.15) is 5.06 Å². The minimum absolute atomic E-state index is 0.0278. The highest BCUT2D eigenvalue weighted by Gasteiger charge is 2.61. The Bertz CT molecular complexity index is 791. The Hall–Kier alpha value is -1.76. The maximum Gasteiger partial charge on any atom is 0.262 e. The van der Waals surface area contributed by atoms with Gasteiger partial charge in [0.2, 0.25) is 0 Å². The third kappa shape index (κ3) is 4.57. The third-order valence-electron chi connectivity index (χ3n) is 6.71. The number of carbonyl (C=O) groups is 2. The molecule has 0 radical (unpaired) electrons. The molecular weight excluding hydrogens is 392 g/mol. The molecule has 2 unspecified atom stereocenters. The average Bonchev–Trinajstić information content (AvgIpc) is 2.90. The van der Waals surface area contributed by atoms with E-state index in [4.69, 9.17) is 9.68 Å². The van der Waals surface area contributed by atoms with Crippen molar-refractivity contribution in [2.24, 2.45) is 5.92 Å². The summed E-state index contributed by atoms with van der Waals surface area (Å²) in [5.41, 5.74) is 3.05. The monoisotopic (exact) mass is 430 g/mol. The average molecular weight is 431 g/mol. The molecule has 6 heteroatoms. The quantitative estimate of drug-likeness (QED) is 0.577. The predicted octanol–water partition coefficient (Wildman–Crippen LogP) is 4.26. The van der Waals surface area contributed by atoms with Crippen molar-refractivity contribution >= 4 is 11.7 Å². The zero-order valence-electron chi connectivity index (χ0n) is 20.0. The van der Waals surface area contributed by atoms with Gasteiger partial charge >= 0.3 is 0 Å². The van der Waals surface area contributed by atoms with Gasteiger partial charge in [-0.3, -0.25) is 19.3 Å². The van der Waals surface area contributed by atoms with Gasteiger partial charge in [-0.25, -0.2) is 5.06 Å². The Kier molecular flexibility index (Phi) is 7.55. The van der Waals surface area contributed by atoms with E-state index in [0.29, 0.717) is 45.1 Å². The number of piperidine rings is 1. The molecular formula is C25H38N2O4. The molecule has 2 saturated heterocycles. The van der Waals surface area contributed by atoms with Crippen LogP contribution in [0.2, 0.25) is 0 Å². The molecule has 2 fully saturated rings. The normalized spacial score (nSPS) is 22.5. The van der Waals surface area contributed by atoms with Crippen LogP contribution in [-0.2, 0) is 19.3 Å². The van der Waals surface area contributed by atoms with Gasteiger partial charge in [0.05, 0.1) is 13.2 Å². The first-order valence-corrected chi connectivity index (χ1v) is 11.7. The zero-order chi connectivity index (χ0) is 22.8. The summed E-state index contributed by atoms with van der Waals surface area (Å²) in [4.78, 5) is 39.1. The van der Waals surface area contributed by atoms with Crippen molar-refractivity contribution in [1.82, 2.24) is 10.1 Å². The van der Waals surface area contributed by atoms with Crippen molar-refractivity contribution < 1.29 is 19.3 Å². The molecule has 0 bridgehead atoms. The second-order valence-electron chi connectivity index (χ2n) is 9.31. The molecule has 1 aromatic rings. The molecule has 2 aliphatic rings. The van der Waals surface area contributed by atoms with Gasteiger partial charge in [0, 0.05) is 13.1 Å². The topological polar surface area (TPSA) is 59.1 Å². The summed E-state index contributed by atoms with van der Waals surface area (Å²) in [6, 6.07) is 4.10. The second-order valence-corrected chi connectivity index (χ2v) is 9.31. The highest BCUT2D eigenvalue weighted by atomic mass is 16.7. The number of nitrogens with zero attached hydrogens (tertiary/aromatic N) is 2. The summed E-state index contributed by atoms with van der Waals surface area (Å²) in [5, 5.41) is 3.37. The molecule has 1 spiro atoms. The highest BCUT2D eigenvalue weighted by molar-refractivity contribution is 6.17. The third-order valence-corrected chi connectivity index (χ3v) is 6.71. The minimum Gasteiger partial charge on any atom is -0.299 e. The van der Waals surface area contributed by atoms with Crippen LogP contribution in [0.15, 0.2) is 12.1 Å². The fourth-order valence-corrected chi connectivity index (χ4v) is 5.27. The van der Waals surface area contributed by atoms with E-state index >= 15 is 0 Å². The van der Waals surface area contributed by atoms with E-state index in [1.54, 1.807) is 0 Å². The van der Waals surface area contributed by atoms with Gasteiger partial charge in [-0.1, -0.05) is 38.0 Å². The lowest BCUT2D eigenvalue weighted by molar-refractivity contribution is -0.235. The number of ketones is 1. The van der Waals surface area contributed by atoms with Crippen LogP contribution < -0.4 is 0 Å². The van der Waals surface area contributed by atoms with Crippen molar-refractivity contribution in [2.75, 3.05) is 26.3 Å². The van der Waals surface area contributed by atoms with Crippen LogP contribution in [0.25, 0.3) is 0 Å². The molecule has 2 aliphatic heterocycles. The Labute approximate surface area is 186 Å². The number of benzene rings is 1. The smallest absolute Gasteiger partial charge is 0.262 e. The van der Waals surface area contributed by atoms with Crippen LogP contribution in [0.1, 0.15) is 74.6 Å². The molecule has 3 rings (SSSR count). The number of hydroxylamine groups is 4. The Morgan fingerprint density at radius 1 is 1.06 bits per heavy atom. The largest absolute Gasteiger partial charge is 0.299 e. The zero-order valence-corrected chi connectivity index (χ0v) is 20.0. The van der Waals surface area contributed by atoms with Gasteiger partial charge in [0.15, 0.2) is 5.78 Å². The molecule has 0 N–H and O–H groups in total. The van der Waals surface area contributed by atoms with Gasteiger partial charge in [0.1, 0.15) is 11.5 Å². The van der Waals surface area contributed by atoms with Crippen LogP contribution in [0.4, 0.5) is 0 Å². The van der Waals surface area contributed by atoms with E-state index in [1.165, 1.54) is 5.06 Å². The number of aryl methyl sites for hydroxylation is 3. The van der Waals surface area contributed by atoms with Crippen LogP contribution in [0, 0.1) is 26.7 Å². The number of carbonyl (C=O) groups excluding carboxylic acids is 2. The summed E-state index contributed by atoms with van der Waals surface area (Å²) in [6.07, 6.45) is 3.34. The highest BCUT2D eigenvalue weighted by Crippen LogP contribution is 2.45. The lowest BCUT2D eigenvalue weighted by Crippen LogP contribution is -2.56. The molecule has 172 valence electrons. The van der Waals surface area contributed by atoms with Gasteiger partial charge in [-0.05, 0) is 69.6 Å². The van der Waals surface area contributed by atoms with Crippen molar-refractivity contribution in [1.29, 1.82) is 0 Å². The molecule has 0 saturated carbocycles. The number of rotatable bonds is 8. The van der Waals surface area contributed by atoms with Crippen LogP contribution in [0.5, 0.6) is 0 Å². The molecule has 2 heterocycles. The van der Waals surface area contributed by atoms with E-state index in [1.807, 2.05) is 44.9 Å². The first-order valence-electron chi connectivity index (χ1n) is 11.7. The predicted molar refractivity (Wildman–Crippen MR) is 120 cm³/mol. The molecule has 0 aliphatic carbocycles. The number of Topliss-reactive ketones (excluding diaryl/α,β-unsaturated/α-hetero) is 1. The van der Waals surface area contributed by atoms with Crippen LogP contribution in [-0.4, -0.2) is 53.7 Å². The van der Waals surface area contributed by atoms with E-state index in [0.717, 1.165) is 35.1 Å². The van der Waals surface area contributed by atoms with Gasteiger partial charge in [-0.15, -0.1) is 0 Å². The van der Waals surface area contributed by atoms with Crippen molar-refractivity contribution in [3.05, 3.63) is 34.4 Å². The summed E-state index contributed by atoms with van der Waals surface area (Å²) >= 11 is 0. The van der Waals surface area contributed by atoms with Crippen LogP contribution >= 0.6 is 0 Å². The maximum absolute atomic E-state index is 13.8. The SMILES string of the molecule is CCCC(C)CON1CCC2(CC1)C(=O)C(c1c(C)cc(C)cc1C)C(=O)N2OCC. The standard InChI is InChI=1S/C25H38N2O4/c1-7-9-17(3)16-31-26-12-10-25(11-13-26)23(28)22(24(29)27(25)30-8-2)21-19(5)14-18(4)15-20(21)6/h14-15,17,22H,7-13,16H2,1-6H3.